The number of hydrogen-bond acceptors (Lipinski definition) is 5. The summed E-state index contributed by atoms with van der Waals surface area (Å²) in [7, 11) is 0. The molecule has 5 rings (SSSR count). The summed E-state index contributed by atoms with van der Waals surface area (Å²) in [5, 5.41) is 3.29. The van der Waals surface area contributed by atoms with Gasteiger partial charge in [-0.25, -0.2) is 0 Å². The van der Waals surface area contributed by atoms with Gasteiger partial charge in [-0.15, -0.1) is 0 Å². The smallest absolute Gasteiger partial charge is 0.265 e. The SMILES string of the molecule is Cc1cc2c(cc1C)N(C(C)C(=O)NC(CN1CCCC1)c1ccc(-c3cccc(OC(C)C)c3)cc1)C(=O)CO2. The zero-order chi connectivity index (χ0) is 29.1. The van der Waals surface area contributed by atoms with Crippen molar-refractivity contribution in [2.45, 2.75) is 65.6 Å². The third-order valence-electron chi connectivity index (χ3n) is 8.03. The third kappa shape index (κ3) is 6.57. The number of aryl methyl sites for hydroxylation is 2. The summed E-state index contributed by atoms with van der Waals surface area (Å²) in [6, 6.07) is 19.5. The number of fused-ring (bicyclic) bond motifs is 1. The summed E-state index contributed by atoms with van der Waals surface area (Å²) in [4.78, 5) is 30.7. The van der Waals surface area contributed by atoms with Crippen molar-refractivity contribution in [3.63, 3.8) is 0 Å². The molecule has 0 aromatic heterocycles. The second-order valence-electron chi connectivity index (χ2n) is 11.5. The van der Waals surface area contributed by atoms with Gasteiger partial charge in [0.05, 0.1) is 17.8 Å². The first-order chi connectivity index (χ1) is 19.7. The van der Waals surface area contributed by atoms with E-state index in [0.717, 1.165) is 53.2 Å². The van der Waals surface area contributed by atoms with E-state index in [2.05, 4.69) is 46.6 Å². The van der Waals surface area contributed by atoms with Gasteiger partial charge >= 0.3 is 0 Å². The van der Waals surface area contributed by atoms with Gasteiger partial charge in [-0.3, -0.25) is 14.5 Å². The lowest BCUT2D eigenvalue weighted by Gasteiger charge is -2.35. The normalized spacial score (nSPS) is 16.7. The molecule has 3 aromatic carbocycles. The van der Waals surface area contributed by atoms with Crippen molar-refractivity contribution in [1.29, 1.82) is 0 Å². The molecular weight excluding hydrogens is 514 g/mol. The average molecular weight is 556 g/mol. The van der Waals surface area contributed by atoms with Gasteiger partial charge in [-0.05, 0) is 113 Å². The zero-order valence-electron chi connectivity index (χ0n) is 24.8. The highest BCUT2D eigenvalue weighted by Gasteiger charge is 2.34. The number of nitrogens with one attached hydrogen (secondary N) is 1. The van der Waals surface area contributed by atoms with Crippen molar-refractivity contribution < 1.29 is 19.1 Å². The highest BCUT2D eigenvalue weighted by atomic mass is 16.5. The van der Waals surface area contributed by atoms with Gasteiger partial charge < -0.3 is 19.7 Å². The number of hydrogen-bond donors (Lipinski definition) is 1. The van der Waals surface area contributed by atoms with Gasteiger partial charge in [-0.2, -0.15) is 0 Å². The van der Waals surface area contributed by atoms with Gasteiger partial charge in [-0.1, -0.05) is 36.4 Å². The first-order valence-electron chi connectivity index (χ1n) is 14.7. The van der Waals surface area contributed by atoms with Crippen LogP contribution in [0, 0.1) is 13.8 Å². The zero-order valence-corrected chi connectivity index (χ0v) is 24.8. The highest BCUT2D eigenvalue weighted by molar-refractivity contribution is 6.03. The number of carbonyl (C=O) groups excluding carboxylic acids is 2. The Labute approximate surface area is 243 Å². The molecule has 2 heterocycles. The Morgan fingerprint density at radius 3 is 2.37 bits per heavy atom. The summed E-state index contributed by atoms with van der Waals surface area (Å²) in [5.74, 6) is 1.09. The molecule has 1 saturated heterocycles. The number of anilines is 1. The molecule has 0 spiro atoms. The fourth-order valence-electron chi connectivity index (χ4n) is 5.64. The van der Waals surface area contributed by atoms with Crippen molar-refractivity contribution in [3.05, 3.63) is 77.4 Å². The van der Waals surface area contributed by atoms with Crippen LogP contribution in [0.3, 0.4) is 0 Å². The molecule has 7 nitrogen and oxygen atoms in total. The molecule has 3 aromatic rings. The summed E-state index contributed by atoms with van der Waals surface area (Å²) in [6.07, 6.45) is 2.45. The van der Waals surface area contributed by atoms with E-state index < -0.39 is 6.04 Å². The molecule has 0 aliphatic carbocycles. The Morgan fingerprint density at radius 2 is 1.66 bits per heavy atom. The molecule has 1 N–H and O–H groups in total. The lowest BCUT2D eigenvalue weighted by atomic mass is 9.99. The van der Waals surface area contributed by atoms with Crippen molar-refractivity contribution in [1.82, 2.24) is 10.2 Å². The van der Waals surface area contributed by atoms with Crippen LogP contribution < -0.4 is 19.7 Å². The number of carbonyl (C=O) groups is 2. The minimum atomic E-state index is -0.684. The summed E-state index contributed by atoms with van der Waals surface area (Å²) >= 11 is 0. The topological polar surface area (TPSA) is 71.1 Å². The van der Waals surface area contributed by atoms with E-state index in [0.29, 0.717) is 11.4 Å². The molecule has 0 saturated carbocycles. The second-order valence-corrected chi connectivity index (χ2v) is 11.5. The quantitative estimate of drug-likeness (QED) is 0.360. The first kappa shape index (κ1) is 28.7. The molecule has 2 atom stereocenters. The van der Waals surface area contributed by atoms with Crippen LogP contribution in [0.5, 0.6) is 11.5 Å². The van der Waals surface area contributed by atoms with E-state index in [1.807, 2.05) is 52.0 Å². The molecular formula is C34H41N3O4. The maximum atomic E-state index is 13.7. The van der Waals surface area contributed by atoms with E-state index >= 15 is 0 Å². The summed E-state index contributed by atoms with van der Waals surface area (Å²) < 4.78 is 11.6. The Bertz CT molecular complexity index is 1400. The largest absolute Gasteiger partial charge is 0.491 e. The van der Waals surface area contributed by atoms with Crippen molar-refractivity contribution in [2.75, 3.05) is 31.1 Å². The van der Waals surface area contributed by atoms with E-state index in [9.17, 15) is 9.59 Å². The molecule has 2 aliphatic heterocycles. The standard InChI is InChI=1S/C34H41N3O4/c1-22(2)41-29-10-8-9-28(19-29)26-11-13-27(14-12-26)30(20-36-15-6-7-16-36)35-34(39)25(5)37-31-17-23(3)24(4)18-32(31)40-21-33(37)38/h8-14,17-19,22,25,30H,6-7,15-16,20-21H2,1-5H3,(H,35,39). The minimum Gasteiger partial charge on any atom is -0.491 e. The molecule has 216 valence electrons. The monoisotopic (exact) mass is 555 g/mol. The number of nitrogens with zero attached hydrogens (tertiary/aromatic N) is 2. The highest BCUT2D eigenvalue weighted by Crippen LogP contribution is 2.36. The number of rotatable bonds is 9. The molecule has 7 heteroatoms. The molecule has 1 fully saturated rings. The lowest BCUT2D eigenvalue weighted by molar-refractivity contribution is -0.128. The molecule has 0 bridgehead atoms. The predicted octanol–water partition coefficient (Wildman–Crippen LogP) is 5.82. The molecule has 2 amide bonds. The average Bonchev–Trinajstić information content (AvgIpc) is 3.46. The lowest BCUT2D eigenvalue weighted by Crippen LogP contribution is -2.52. The van der Waals surface area contributed by atoms with Crippen LogP contribution in [0.4, 0.5) is 5.69 Å². The maximum absolute atomic E-state index is 13.7. The van der Waals surface area contributed by atoms with Gasteiger partial charge in [0.15, 0.2) is 6.61 Å². The van der Waals surface area contributed by atoms with E-state index in [-0.39, 0.29) is 30.6 Å². The number of benzene rings is 3. The number of likely N-dealkylation sites (tertiary alicyclic amines) is 1. The van der Waals surface area contributed by atoms with Crippen LogP contribution in [-0.2, 0) is 9.59 Å². The van der Waals surface area contributed by atoms with E-state index in [1.165, 1.54) is 12.8 Å². The molecule has 2 unspecified atom stereocenters. The Morgan fingerprint density at radius 1 is 0.951 bits per heavy atom. The first-order valence-corrected chi connectivity index (χ1v) is 14.7. The number of amides is 2. The predicted molar refractivity (Wildman–Crippen MR) is 163 cm³/mol. The summed E-state index contributed by atoms with van der Waals surface area (Å²) in [5.41, 5.74) is 5.99. The van der Waals surface area contributed by atoms with Crippen molar-refractivity contribution in [3.8, 4) is 22.6 Å². The maximum Gasteiger partial charge on any atom is 0.265 e. The Hall–Kier alpha value is -3.84. The van der Waals surface area contributed by atoms with Crippen LogP contribution in [0.25, 0.3) is 11.1 Å². The Balaban J connectivity index is 1.37. The Kier molecular flexibility index (Phi) is 8.64. The minimum absolute atomic E-state index is 0.0742. The molecule has 41 heavy (non-hydrogen) atoms. The fraction of sp³-hybridized carbons (Fsp3) is 0.412. The molecule has 0 radical (unpaired) electrons. The van der Waals surface area contributed by atoms with Crippen molar-refractivity contribution in [2.24, 2.45) is 0 Å². The van der Waals surface area contributed by atoms with Gasteiger partial charge in [0.25, 0.3) is 5.91 Å². The number of ether oxygens (including phenoxy) is 2. The van der Waals surface area contributed by atoms with Gasteiger partial charge in [0.1, 0.15) is 17.5 Å². The van der Waals surface area contributed by atoms with E-state index in [1.54, 1.807) is 11.8 Å². The summed E-state index contributed by atoms with van der Waals surface area (Å²) in [6.45, 7) is 12.5. The van der Waals surface area contributed by atoms with Crippen molar-refractivity contribution >= 4 is 17.5 Å². The fourth-order valence-corrected chi connectivity index (χ4v) is 5.64. The van der Waals surface area contributed by atoms with Crippen LogP contribution in [0.2, 0.25) is 0 Å². The van der Waals surface area contributed by atoms with Crippen LogP contribution in [-0.4, -0.2) is 55.1 Å². The van der Waals surface area contributed by atoms with Crippen LogP contribution in [0.15, 0.2) is 60.7 Å². The van der Waals surface area contributed by atoms with Crippen LogP contribution in [0.1, 0.15) is 56.3 Å². The van der Waals surface area contributed by atoms with E-state index in [4.69, 9.17) is 9.47 Å². The second kappa shape index (κ2) is 12.4. The molecule has 2 aliphatic rings. The van der Waals surface area contributed by atoms with Crippen LogP contribution >= 0.6 is 0 Å². The van der Waals surface area contributed by atoms with Gasteiger partial charge in [0.2, 0.25) is 5.91 Å². The van der Waals surface area contributed by atoms with Gasteiger partial charge in [0, 0.05) is 6.54 Å². The third-order valence-corrected chi connectivity index (χ3v) is 8.03.